The molecule has 2 N–H and O–H groups in total. The molecular weight excluding hydrogens is 214 g/mol. The second kappa shape index (κ2) is 3.65. The zero-order valence-electron chi connectivity index (χ0n) is 10.2. The number of nitrogens with two attached hydrogens (primary N) is 1. The van der Waals surface area contributed by atoms with E-state index in [0.717, 1.165) is 17.0 Å². The fourth-order valence-corrected chi connectivity index (χ4v) is 2.18. The number of anilines is 2. The number of nitrogen functional groups attached to an aromatic ring is 1. The van der Waals surface area contributed by atoms with Crippen LogP contribution in [0.4, 0.5) is 11.7 Å². The topological polar surface area (TPSA) is 55.3 Å². The van der Waals surface area contributed by atoms with Gasteiger partial charge in [-0.1, -0.05) is 6.07 Å². The van der Waals surface area contributed by atoms with Gasteiger partial charge in [-0.2, -0.15) is 4.98 Å². The molecule has 1 saturated carbocycles. The third-order valence-electron chi connectivity index (χ3n) is 3.66. The first-order valence-corrected chi connectivity index (χ1v) is 6.04. The largest absolute Gasteiger partial charge is 0.423 e. The predicted molar refractivity (Wildman–Crippen MR) is 69.0 cm³/mol. The zero-order valence-corrected chi connectivity index (χ0v) is 10.2. The molecule has 4 heteroatoms. The summed E-state index contributed by atoms with van der Waals surface area (Å²) in [6, 6.07) is 6.77. The third kappa shape index (κ3) is 1.73. The van der Waals surface area contributed by atoms with E-state index in [1.165, 1.54) is 12.8 Å². The molecule has 1 aliphatic rings. The van der Waals surface area contributed by atoms with Gasteiger partial charge in [0.05, 0.1) is 5.69 Å². The molecule has 0 spiro atoms. The molecule has 1 fully saturated rings. The van der Waals surface area contributed by atoms with Crippen LogP contribution in [0.1, 0.15) is 19.8 Å². The highest BCUT2D eigenvalue weighted by Crippen LogP contribution is 2.36. The number of oxazole rings is 1. The van der Waals surface area contributed by atoms with Crippen LogP contribution in [0.15, 0.2) is 22.6 Å². The maximum absolute atomic E-state index is 5.88. The van der Waals surface area contributed by atoms with Crippen molar-refractivity contribution < 1.29 is 4.42 Å². The predicted octanol–water partition coefficient (Wildman–Crippen LogP) is 2.64. The Balaban J connectivity index is 1.97. The molecule has 1 atom stereocenters. The molecule has 1 unspecified atom stereocenters. The molecule has 1 aromatic heterocycles. The lowest BCUT2D eigenvalue weighted by atomic mass is 10.2. The number of benzene rings is 1. The Morgan fingerprint density at radius 3 is 2.88 bits per heavy atom. The van der Waals surface area contributed by atoms with E-state index >= 15 is 0 Å². The third-order valence-corrected chi connectivity index (χ3v) is 3.66. The molecule has 2 aromatic rings. The highest BCUT2D eigenvalue weighted by molar-refractivity contribution is 5.86. The minimum absolute atomic E-state index is 0.476. The van der Waals surface area contributed by atoms with Gasteiger partial charge < -0.3 is 15.1 Å². The minimum Gasteiger partial charge on any atom is -0.423 e. The highest BCUT2D eigenvalue weighted by Gasteiger charge is 2.32. The van der Waals surface area contributed by atoms with Gasteiger partial charge in [-0.25, -0.2) is 0 Å². The maximum Gasteiger partial charge on any atom is 0.298 e. The lowest BCUT2D eigenvalue weighted by Gasteiger charge is -2.22. The Morgan fingerprint density at radius 2 is 2.24 bits per heavy atom. The van der Waals surface area contributed by atoms with Crippen molar-refractivity contribution in [3.05, 3.63) is 18.2 Å². The summed E-state index contributed by atoms with van der Waals surface area (Å²) in [6.07, 6.45) is 2.63. The second-order valence-corrected chi connectivity index (χ2v) is 4.88. The van der Waals surface area contributed by atoms with E-state index in [2.05, 4.69) is 16.8 Å². The van der Waals surface area contributed by atoms with E-state index < -0.39 is 0 Å². The minimum atomic E-state index is 0.476. The normalized spacial score (nSPS) is 17.3. The second-order valence-electron chi connectivity index (χ2n) is 4.88. The first kappa shape index (κ1) is 10.4. The van der Waals surface area contributed by atoms with Crippen molar-refractivity contribution in [2.45, 2.75) is 25.8 Å². The van der Waals surface area contributed by atoms with E-state index in [4.69, 9.17) is 10.2 Å². The number of fused-ring (bicyclic) bond motifs is 1. The number of rotatable bonds is 3. The Kier molecular flexibility index (Phi) is 2.24. The molecule has 0 radical (unpaired) electrons. The van der Waals surface area contributed by atoms with Crippen LogP contribution in [0, 0.1) is 5.92 Å². The van der Waals surface area contributed by atoms with E-state index in [1.807, 2.05) is 25.2 Å². The molecule has 17 heavy (non-hydrogen) atoms. The van der Waals surface area contributed by atoms with Crippen LogP contribution < -0.4 is 10.6 Å². The Labute approximate surface area is 100 Å². The first-order chi connectivity index (χ1) is 8.16. The van der Waals surface area contributed by atoms with Gasteiger partial charge in [0.2, 0.25) is 0 Å². The summed E-state index contributed by atoms with van der Waals surface area (Å²) < 4.78 is 5.74. The quantitative estimate of drug-likeness (QED) is 0.825. The standard InChI is InChI=1S/C13H17N3O/c1-8(9-6-7-9)16(2)13-15-12-10(14)4-3-5-11(12)17-13/h3-5,8-9H,6-7,14H2,1-2H3. The number of hydrogen-bond donors (Lipinski definition) is 1. The molecule has 1 aromatic carbocycles. The van der Waals surface area contributed by atoms with Gasteiger partial charge in [-0.15, -0.1) is 0 Å². The van der Waals surface area contributed by atoms with Gasteiger partial charge >= 0.3 is 0 Å². The molecule has 0 bridgehead atoms. The average molecular weight is 231 g/mol. The highest BCUT2D eigenvalue weighted by atomic mass is 16.4. The van der Waals surface area contributed by atoms with Crippen molar-refractivity contribution >= 4 is 22.8 Å². The lowest BCUT2D eigenvalue weighted by molar-refractivity contribution is 0.522. The number of para-hydroxylation sites is 1. The van der Waals surface area contributed by atoms with Crippen LogP contribution in [0.25, 0.3) is 11.1 Å². The van der Waals surface area contributed by atoms with Crippen molar-refractivity contribution in [3.8, 4) is 0 Å². The molecule has 0 saturated heterocycles. The van der Waals surface area contributed by atoms with Crippen LogP contribution in [-0.4, -0.2) is 18.1 Å². The van der Waals surface area contributed by atoms with E-state index in [0.29, 0.717) is 17.7 Å². The summed E-state index contributed by atoms with van der Waals surface area (Å²) >= 11 is 0. The molecule has 1 heterocycles. The number of aromatic nitrogens is 1. The summed E-state index contributed by atoms with van der Waals surface area (Å²) in [5.41, 5.74) is 8.07. The van der Waals surface area contributed by atoms with Crippen molar-refractivity contribution in [1.29, 1.82) is 0 Å². The summed E-state index contributed by atoms with van der Waals surface area (Å²) in [7, 11) is 2.03. The molecule has 4 nitrogen and oxygen atoms in total. The smallest absolute Gasteiger partial charge is 0.298 e. The number of hydrogen-bond acceptors (Lipinski definition) is 4. The van der Waals surface area contributed by atoms with Gasteiger partial charge in [0.25, 0.3) is 6.01 Å². The fourth-order valence-electron chi connectivity index (χ4n) is 2.18. The van der Waals surface area contributed by atoms with Crippen LogP contribution in [0.3, 0.4) is 0 Å². The number of nitrogens with zero attached hydrogens (tertiary/aromatic N) is 2. The van der Waals surface area contributed by atoms with Gasteiger partial charge in [-0.3, -0.25) is 0 Å². The van der Waals surface area contributed by atoms with Crippen molar-refractivity contribution in [3.63, 3.8) is 0 Å². The van der Waals surface area contributed by atoms with Gasteiger partial charge in [0, 0.05) is 13.1 Å². The fraction of sp³-hybridized carbons (Fsp3) is 0.462. The summed E-state index contributed by atoms with van der Waals surface area (Å²) in [5.74, 6) is 0.785. The molecule has 0 amide bonds. The van der Waals surface area contributed by atoms with Crippen molar-refractivity contribution in [2.24, 2.45) is 5.92 Å². The van der Waals surface area contributed by atoms with Gasteiger partial charge in [-0.05, 0) is 37.8 Å². The molecular formula is C13H17N3O. The summed E-state index contributed by atoms with van der Waals surface area (Å²) in [4.78, 5) is 6.59. The molecule has 3 rings (SSSR count). The van der Waals surface area contributed by atoms with E-state index in [1.54, 1.807) is 0 Å². The molecule has 0 aliphatic heterocycles. The Morgan fingerprint density at radius 1 is 1.47 bits per heavy atom. The monoisotopic (exact) mass is 231 g/mol. The van der Waals surface area contributed by atoms with Gasteiger partial charge in [0.15, 0.2) is 5.58 Å². The van der Waals surface area contributed by atoms with Crippen LogP contribution in [0.5, 0.6) is 0 Å². The SMILES string of the molecule is CC(C1CC1)N(C)c1nc2c(N)cccc2o1. The summed E-state index contributed by atoms with van der Waals surface area (Å²) in [6.45, 7) is 2.22. The molecule has 1 aliphatic carbocycles. The van der Waals surface area contributed by atoms with Gasteiger partial charge in [0.1, 0.15) is 5.52 Å². The van der Waals surface area contributed by atoms with Crippen LogP contribution in [-0.2, 0) is 0 Å². The van der Waals surface area contributed by atoms with Crippen LogP contribution >= 0.6 is 0 Å². The zero-order chi connectivity index (χ0) is 12.0. The van der Waals surface area contributed by atoms with E-state index in [-0.39, 0.29) is 0 Å². The summed E-state index contributed by atoms with van der Waals surface area (Å²) in [5, 5.41) is 0. The Bertz CT molecular complexity index is 545. The van der Waals surface area contributed by atoms with Crippen molar-refractivity contribution in [2.75, 3.05) is 17.7 Å². The average Bonchev–Trinajstić information content (AvgIpc) is 3.07. The Hall–Kier alpha value is -1.71. The van der Waals surface area contributed by atoms with Crippen molar-refractivity contribution in [1.82, 2.24) is 4.98 Å². The van der Waals surface area contributed by atoms with E-state index in [9.17, 15) is 0 Å². The lowest BCUT2D eigenvalue weighted by Crippen LogP contribution is -2.30. The van der Waals surface area contributed by atoms with Crippen LogP contribution in [0.2, 0.25) is 0 Å². The first-order valence-electron chi connectivity index (χ1n) is 6.04. The maximum atomic E-state index is 5.88. The molecule has 90 valence electrons.